The SMILES string of the molecule is c1ccc(N2CCN(c3nncc(NCc4ccc5c(c4)OCO5)n3)CC2)cc1. The van der Waals surface area contributed by atoms with Gasteiger partial charge in [0.2, 0.25) is 12.7 Å². The van der Waals surface area contributed by atoms with Gasteiger partial charge in [-0.15, -0.1) is 5.10 Å². The van der Waals surface area contributed by atoms with E-state index >= 15 is 0 Å². The van der Waals surface area contributed by atoms with Crippen molar-refractivity contribution >= 4 is 17.5 Å². The number of nitrogens with one attached hydrogen (secondary N) is 1. The number of para-hydroxylation sites is 1. The summed E-state index contributed by atoms with van der Waals surface area (Å²) in [6.07, 6.45) is 1.65. The van der Waals surface area contributed by atoms with Crippen LogP contribution in [0.15, 0.2) is 54.7 Å². The van der Waals surface area contributed by atoms with Crippen molar-refractivity contribution in [2.75, 3.05) is 48.1 Å². The number of rotatable bonds is 5. The lowest BCUT2D eigenvalue weighted by Gasteiger charge is -2.35. The van der Waals surface area contributed by atoms with E-state index in [2.05, 4.69) is 54.6 Å². The minimum atomic E-state index is 0.281. The van der Waals surface area contributed by atoms with Gasteiger partial charge in [0, 0.05) is 38.4 Å². The summed E-state index contributed by atoms with van der Waals surface area (Å²) in [5.74, 6) is 2.93. The molecule has 148 valence electrons. The molecule has 2 aromatic carbocycles. The maximum atomic E-state index is 5.43. The Morgan fingerprint density at radius 2 is 1.69 bits per heavy atom. The fourth-order valence-corrected chi connectivity index (χ4v) is 3.56. The molecule has 0 amide bonds. The smallest absolute Gasteiger partial charge is 0.247 e. The van der Waals surface area contributed by atoms with Gasteiger partial charge in [0.1, 0.15) is 0 Å². The number of hydrogen-bond donors (Lipinski definition) is 1. The average Bonchev–Trinajstić information content (AvgIpc) is 3.27. The molecule has 0 spiro atoms. The zero-order chi connectivity index (χ0) is 19.5. The highest BCUT2D eigenvalue weighted by molar-refractivity contribution is 5.49. The van der Waals surface area contributed by atoms with E-state index in [1.54, 1.807) is 6.20 Å². The highest BCUT2D eigenvalue weighted by atomic mass is 16.7. The fraction of sp³-hybridized carbons (Fsp3) is 0.286. The second-order valence-electron chi connectivity index (χ2n) is 6.99. The summed E-state index contributed by atoms with van der Waals surface area (Å²) < 4.78 is 10.8. The molecule has 0 bridgehead atoms. The van der Waals surface area contributed by atoms with E-state index in [9.17, 15) is 0 Å². The predicted octanol–water partition coefficient (Wildman–Crippen LogP) is 2.54. The van der Waals surface area contributed by atoms with Gasteiger partial charge in [-0.2, -0.15) is 10.1 Å². The van der Waals surface area contributed by atoms with Gasteiger partial charge >= 0.3 is 0 Å². The Balaban J connectivity index is 1.20. The number of anilines is 3. The maximum absolute atomic E-state index is 5.43. The van der Waals surface area contributed by atoms with Gasteiger partial charge in [-0.05, 0) is 29.8 Å². The highest BCUT2D eigenvalue weighted by Crippen LogP contribution is 2.32. The van der Waals surface area contributed by atoms with Crippen LogP contribution in [0.5, 0.6) is 11.5 Å². The Kier molecular flexibility index (Phi) is 4.73. The van der Waals surface area contributed by atoms with Crippen molar-refractivity contribution in [3.63, 3.8) is 0 Å². The summed E-state index contributed by atoms with van der Waals surface area (Å²) in [4.78, 5) is 9.21. The van der Waals surface area contributed by atoms with Crippen molar-refractivity contribution < 1.29 is 9.47 Å². The number of fused-ring (bicyclic) bond motifs is 1. The number of ether oxygens (including phenoxy) is 2. The standard InChI is InChI=1S/C21H22N6O2/c1-2-4-17(5-3-1)26-8-10-27(11-9-26)21-24-20(14-23-25-21)22-13-16-6-7-18-19(12-16)29-15-28-18/h1-7,12,14H,8-11,13,15H2,(H,22,24,25). The highest BCUT2D eigenvalue weighted by Gasteiger charge is 2.20. The summed E-state index contributed by atoms with van der Waals surface area (Å²) in [6, 6.07) is 16.4. The Morgan fingerprint density at radius 1 is 0.897 bits per heavy atom. The first kappa shape index (κ1) is 17.5. The summed E-state index contributed by atoms with van der Waals surface area (Å²) in [7, 11) is 0. The Morgan fingerprint density at radius 3 is 2.55 bits per heavy atom. The van der Waals surface area contributed by atoms with Crippen LogP contribution in [0.1, 0.15) is 5.56 Å². The number of nitrogens with zero attached hydrogens (tertiary/aromatic N) is 5. The molecule has 0 atom stereocenters. The zero-order valence-corrected chi connectivity index (χ0v) is 16.0. The van der Waals surface area contributed by atoms with E-state index in [-0.39, 0.29) is 6.79 Å². The summed E-state index contributed by atoms with van der Waals surface area (Å²) in [5.41, 5.74) is 2.34. The first-order chi connectivity index (χ1) is 14.3. The lowest BCUT2D eigenvalue weighted by atomic mass is 10.2. The van der Waals surface area contributed by atoms with Crippen LogP contribution in [0, 0.1) is 0 Å². The van der Waals surface area contributed by atoms with Crippen molar-refractivity contribution in [2.24, 2.45) is 0 Å². The van der Waals surface area contributed by atoms with Gasteiger partial charge < -0.3 is 24.6 Å². The Labute approximate surface area is 169 Å². The van der Waals surface area contributed by atoms with Crippen molar-refractivity contribution in [1.82, 2.24) is 15.2 Å². The molecule has 0 unspecified atom stereocenters. The number of hydrogen-bond acceptors (Lipinski definition) is 8. The number of piperazine rings is 1. The molecule has 2 aliphatic heterocycles. The number of aromatic nitrogens is 3. The van der Waals surface area contributed by atoms with Crippen molar-refractivity contribution in [3.05, 3.63) is 60.3 Å². The second kappa shape index (κ2) is 7.83. The molecule has 8 heteroatoms. The quantitative estimate of drug-likeness (QED) is 0.712. The molecule has 3 heterocycles. The minimum absolute atomic E-state index is 0.281. The van der Waals surface area contributed by atoms with E-state index in [1.807, 2.05) is 24.3 Å². The summed E-state index contributed by atoms with van der Waals surface area (Å²) in [5, 5.41) is 11.7. The van der Waals surface area contributed by atoms with Crippen LogP contribution in [0.4, 0.5) is 17.5 Å². The van der Waals surface area contributed by atoms with E-state index in [0.29, 0.717) is 18.3 Å². The topological polar surface area (TPSA) is 75.6 Å². The molecule has 1 saturated heterocycles. The summed E-state index contributed by atoms with van der Waals surface area (Å²) in [6.45, 7) is 4.49. The van der Waals surface area contributed by atoms with Crippen molar-refractivity contribution in [3.8, 4) is 11.5 Å². The predicted molar refractivity (Wildman–Crippen MR) is 111 cm³/mol. The minimum Gasteiger partial charge on any atom is -0.454 e. The lowest BCUT2D eigenvalue weighted by Crippen LogP contribution is -2.47. The largest absolute Gasteiger partial charge is 0.454 e. The van der Waals surface area contributed by atoms with Gasteiger partial charge in [-0.1, -0.05) is 24.3 Å². The third-order valence-corrected chi connectivity index (χ3v) is 5.14. The molecule has 0 radical (unpaired) electrons. The van der Waals surface area contributed by atoms with Gasteiger partial charge in [0.05, 0.1) is 6.20 Å². The number of benzene rings is 2. The monoisotopic (exact) mass is 390 g/mol. The Bertz CT molecular complexity index is 976. The maximum Gasteiger partial charge on any atom is 0.247 e. The summed E-state index contributed by atoms with van der Waals surface area (Å²) >= 11 is 0. The lowest BCUT2D eigenvalue weighted by molar-refractivity contribution is 0.174. The van der Waals surface area contributed by atoms with Crippen molar-refractivity contribution in [1.29, 1.82) is 0 Å². The molecular formula is C21H22N6O2. The van der Waals surface area contributed by atoms with Gasteiger partial charge in [-0.25, -0.2) is 0 Å². The van der Waals surface area contributed by atoms with E-state index in [0.717, 1.165) is 43.2 Å². The molecular weight excluding hydrogens is 368 g/mol. The first-order valence-corrected chi connectivity index (χ1v) is 9.72. The van der Waals surface area contributed by atoms with E-state index in [1.165, 1.54) is 5.69 Å². The van der Waals surface area contributed by atoms with Crippen LogP contribution in [0.25, 0.3) is 0 Å². The second-order valence-corrected chi connectivity index (χ2v) is 6.99. The van der Waals surface area contributed by atoms with Gasteiger partial charge in [0.15, 0.2) is 17.3 Å². The molecule has 29 heavy (non-hydrogen) atoms. The molecule has 0 saturated carbocycles. The Hall–Kier alpha value is -3.55. The van der Waals surface area contributed by atoms with Crippen molar-refractivity contribution in [2.45, 2.75) is 6.54 Å². The van der Waals surface area contributed by atoms with E-state index < -0.39 is 0 Å². The zero-order valence-electron chi connectivity index (χ0n) is 16.0. The molecule has 1 fully saturated rings. The molecule has 1 N–H and O–H groups in total. The van der Waals surface area contributed by atoms with Crippen LogP contribution < -0.4 is 24.6 Å². The van der Waals surface area contributed by atoms with Gasteiger partial charge in [0.25, 0.3) is 0 Å². The van der Waals surface area contributed by atoms with Crippen LogP contribution in [0.3, 0.4) is 0 Å². The molecule has 8 nitrogen and oxygen atoms in total. The molecule has 0 aliphatic carbocycles. The molecule has 5 rings (SSSR count). The molecule has 2 aliphatic rings. The fourth-order valence-electron chi connectivity index (χ4n) is 3.56. The molecule has 1 aromatic heterocycles. The van der Waals surface area contributed by atoms with Crippen LogP contribution in [-0.2, 0) is 6.54 Å². The van der Waals surface area contributed by atoms with Crippen LogP contribution in [-0.4, -0.2) is 48.2 Å². The molecule has 3 aromatic rings. The van der Waals surface area contributed by atoms with Gasteiger partial charge in [-0.3, -0.25) is 0 Å². The third kappa shape index (κ3) is 3.87. The third-order valence-electron chi connectivity index (χ3n) is 5.14. The normalized spacial score (nSPS) is 15.4. The van der Waals surface area contributed by atoms with Crippen LogP contribution in [0.2, 0.25) is 0 Å². The van der Waals surface area contributed by atoms with E-state index in [4.69, 9.17) is 9.47 Å². The average molecular weight is 390 g/mol. The van der Waals surface area contributed by atoms with Crippen LogP contribution >= 0.6 is 0 Å². The first-order valence-electron chi connectivity index (χ1n) is 9.72.